The van der Waals surface area contributed by atoms with Crippen LogP contribution in [0.5, 0.6) is 0 Å². The predicted octanol–water partition coefficient (Wildman–Crippen LogP) is 1.71. The van der Waals surface area contributed by atoms with Crippen molar-refractivity contribution in [3.8, 4) is 0 Å². The molecule has 1 rings (SSSR count). The Morgan fingerprint density at radius 3 is 2.46 bits per heavy atom. The van der Waals surface area contributed by atoms with Crippen LogP contribution < -0.4 is 5.32 Å². The van der Waals surface area contributed by atoms with E-state index in [2.05, 4.69) is 45.0 Å². The molecule has 1 heterocycles. The van der Waals surface area contributed by atoms with Gasteiger partial charge in [0.25, 0.3) is 0 Å². The normalized spacial score (nSPS) is 33.0. The van der Waals surface area contributed by atoms with Crippen molar-refractivity contribution >= 4 is 0 Å². The second-order valence-corrected chi connectivity index (χ2v) is 5.45. The second-order valence-electron chi connectivity index (χ2n) is 5.45. The highest BCUT2D eigenvalue weighted by Gasteiger charge is 2.28. The van der Waals surface area contributed by atoms with Gasteiger partial charge >= 0.3 is 0 Å². The molecule has 78 valence electrons. The molecular formula is C11H24N2. The SMILES string of the molecule is CC1CCNC(C(C)(C)C)CN1C. The van der Waals surface area contributed by atoms with Crippen molar-refractivity contribution in [2.45, 2.75) is 46.2 Å². The van der Waals surface area contributed by atoms with E-state index in [-0.39, 0.29) is 0 Å². The fourth-order valence-electron chi connectivity index (χ4n) is 1.80. The first-order valence-electron chi connectivity index (χ1n) is 5.35. The minimum absolute atomic E-state index is 0.373. The van der Waals surface area contributed by atoms with E-state index in [0.717, 1.165) is 12.6 Å². The van der Waals surface area contributed by atoms with Gasteiger partial charge in [0.1, 0.15) is 0 Å². The van der Waals surface area contributed by atoms with Crippen molar-refractivity contribution in [1.82, 2.24) is 10.2 Å². The Balaban J connectivity index is 2.59. The summed E-state index contributed by atoms with van der Waals surface area (Å²) in [5.74, 6) is 0. The molecule has 1 aliphatic rings. The molecule has 1 fully saturated rings. The van der Waals surface area contributed by atoms with E-state index in [1.54, 1.807) is 0 Å². The predicted molar refractivity (Wildman–Crippen MR) is 58.0 cm³/mol. The van der Waals surface area contributed by atoms with Gasteiger partial charge in [0.05, 0.1) is 0 Å². The molecule has 0 amide bonds. The van der Waals surface area contributed by atoms with Crippen molar-refractivity contribution in [2.75, 3.05) is 20.1 Å². The minimum Gasteiger partial charge on any atom is -0.312 e. The smallest absolute Gasteiger partial charge is 0.0243 e. The summed E-state index contributed by atoms with van der Waals surface area (Å²) in [6, 6.07) is 1.35. The number of hydrogen-bond acceptors (Lipinski definition) is 2. The number of rotatable bonds is 0. The van der Waals surface area contributed by atoms with Gasteiger partial charge in [-0.05, 0) is 32.4 Å². The number of hydrogen-bond donors (Lipinski definition) is 1. The Bertz CT molecular complexity index is 160. The van der Waals surface area contributed by atoms with Gasteiger partial charge in [-0.3, -0.25) is 0 Å². The largest absolute Gasteiger partial charge is 0.312 e. The first kappa shape index (κ1) is 11.0. The van der Waals surface area contributed by atoms with Crippen LogP contribution in [0.25, 0.3) is 0 Å². The quantitative estimate of drug-likeness (QED) is 0.616. The molecule has 0 saturated carbocycles. The summed E-state index contributed by atoms with van der Waals surface area (Å²) < 4.78 is 0. The standard InChI is InChI=1S/C11H24N2/c1-9-6-7-12-10(8-13(9)5)11(2,3)4/h9-10,12H,6-8H2,1-5H3. The zero-order chi connectivity index (χ0) is 10.1. The van der Waals surface area contributed by atoms with E-state index < -0.39 is 0 Å². The monoisotopic (exact) mass is 184 g/mol. The maximum Gasteiger partial charge on any atom is 0.0243 e. The van der Waals surface area contributed by atoms with Gasteiger partial charge in [0, 0.05) is 18.6 Å². The molecule has 2 heteroatoms. The summed E-state index contributed by atoms with van der Waals surface area (Å²) in [6.07, 6.45) is 1.27. The van der Waals surface area contributed by atoms with Crippen LogP contribution in [0.4, 0.5) is 0 Å². The molecular weight excluding hydrogens is 160 g/mol. The lowest BCUT2D eigenvalue weighted by atomic mass is 9.86. The van der Waals surface area contributed by atoms with Crippen molar-refractivity contribution in [1.29, 1.82) is 0 Å². The fraction of sp³-hybridized carbons (Fsp3) is 1.00. The van der Waals surface area contributed by atoms with Gasteiger partial charge < -0.3 is 10.2 Å². The number of nitrogens with one attached hydrogen (secondary N) is 1. The van der Waals surface area contributed by atoms with Crippen LogP contribution in [0.1, 0.15) is 34.1 Å². The highest BCUT2D eigenvalue weighted by Crippen LogP contribution is 2.22. The van der Waals surface area contributed by atoms with Crippen molar-refractivity contribution in [2.24, 2.45) is 5.41 Å². The first-order valence-corrected chi connectivity index (χ1v) is 5.35. The van der Waals surface area contributed by atoms with E-state index in [0.29, 0.717) is 11.5 Å². The average Bonchev–Trinajstić information content (AvgIpc) is 2.13. The van der Waals surface area contributed by atoms with Gasteiger partial charge in [-0.15, -0.1) is 0 Å². The summed E-state index contributed by atoms with van der Waals surface area (Å²) >= 11 is 0. The molecule has 1 aliphatic heterocycles. The molecule has 2 unspecified atom stereocenters. The Kier molecular flexibility index (Phi) is 3.36. The molecule has 0 aromatic rings. The molecule has 0 radical (unpaired) electrons. The van der Waals surface area contributed by atoms with Crippen LogP contribution in [0.3, 0.4) is 0 Å². The summed E-state index contributed by atoms with van der Waals surface area (Å²) in [7, 11) is 2.23. The molecule has 1 saturated heterocycles. The molecule has 0 aromatic heterocycles. The zero-order valence-electron chi connectivity index (χ0n) is 9.72. The van der Waals surface area contributed by atoms with Gasteiger partial charge in [0.2, 0.25) is 0 Å². The van der Waals surface area contributed by atoms with E-state index in [4.69, 9.17) is 0 Å². The summed E-state index contributed by atoms with van der Waals surface area (Å²) in [5, 5.41) is 3.64. The Morgan fingerprint density at radius 2 is 1.92 bits per heavy atom. The van der Waals surface area contributed by atoms with Crippen molar-refractivity contribution in [3.05, 3.63) is 0 Å². The molecule has 1 N–H and O–H groups in total. The molecule has 2 atom stereocenters. The Morgan fingerprint density at radius 1 is 1.31 bits per heavy atom. The maximum atomic E-state index is 3.64. The van der Waals surface area contributed by atoms with Crippen molar-refractivity contribution in [3.63, 3.8) is 0 Å². The van der Waals surface area contributed by atoms with Gasteiger partial charge in [-0.25, -0.2) is 0 Å². The van der Waals surface area contributed by atoms with Crippen molar-refractivity contribution < 1.29 is 0 Å². The Hall–Kier alpha value is -0.0800. The van der Waals surface area contributed by atoms with Crippen LogP contribution >= 0.6 is 0 Å². The highest BCUT2D eigenvalue weighted by atomic mass is 15.2. The maximum absolute atomic E-state index is 3.64. The molecule has 2 nitrogen and oxygen atoms in total. The lowest BCUT2D eigenvalue weighted by Crippen LogP contribution is -2.46. The molecule has 0 spiro atoms. The zero-order valence-corrected chi connectivity index (χ0v) is 9.72. The summed E-state index contributed by atoms with van der Waals surface area (Å²) in [6.45, 7) is 11.6. The van der Waals surface area contributed by atoms with Crippen LogP contribution in [-0.2, 0) is 0 Å². The van der Waals surface area contributed by atoms with Gasteiger partial charge in [0.15, 0.2) is 0 Å². The molecule has 0 aromatic carbocycles. The van der Waals surface area contributed by atoms with Crippen LogP contribution in [0, 0.1) is 5.41 Å². The van der Waals surface area contributed by atoms with Gasteiger partial charge in [-0.1, -0.05) is 20.8 Å². The third-order valence-corrected chi connectivity index (χ3v) is 3.22. The fourth-order valence-corrected chi connectivity index (χ4v) is 1.80. The highest BCUT2D eigenvalue weighted by molar-refractivity contribution is 4.86. The average molecular weight is 184 g/mol. The number of likely N-dealkylation sites (N-methyl/N-ethyl adjacent to an activating group) is 1. The third kappa shape index (κ3) is 2.96. The van der Waals surface area contributed by atoms with Crippen LogP contribution in [-0.4, -0.2) is 37.1 Å². The molecule has 13 heavy (non-hydrogen) atoms. The second kappa shape index (κ2) is 3.97. The minimum atomic E-state index is 0.373. The van der Waals surface area contributed by atoms with Crippen LogP contribution in [0.15, 0.2) is 0 Å². The van der Waals surface area contributed by atoms with E-state index in [1.165, 1.54) is 13.0 Å². The molecule has 0 aliphatic carbocycles. The first-order chi connectivity index (χ1) is 5.91. The van der Waals surface area contributed by atoms with E-state index >= 15 is 0 Å². The topological polar surface area (TPSA) is 15.3 Å². The lowest BCUT2D eigenvalue weighted by molar-refractivity contribution is 0.194. The summed E-state index contributed by atoms with van der Waals surface area (Å²) in [4.78, 5) is 2.47. The van der Waals surface area contributed by atoms with Gasteiger partial charge in [-0.2, -0.15) is 0 Å². The van der Waals surface area contributed by atoms with Crippen LogP contribution in [0.2, 0.25) is 0 Å². The molecule has 0 bridgehead atoms. The lowest BCUT2D eigenvalue weighted by Gasteiger charge is -2.33. The third-order valence-electron chi connectivity index (χ3n) is 3.22. The summed E-state index contributed by atoms with van der Waals surface area (Å²) in [5.41, 5.74) is 0.373. The number of nitrogens with zero attached hydrogens (tertiary/aromatic N) is 1. The Labute approximate surface area is 82.7 Å². The van der Waals surface area contributed by atoms with E-state index in [1.807, 2.05) is 0 Å². The van der Waals surface area contributed by atoms with E-state index in [9.17, 15) is 0 Å².